The number of nitro benzene ring substituents is 1. The second-order valence-electron chi connectivity index (χ2n) is 4.17. The van der Waals surface area contributed by atoms with E-state index in [9.17, 15) is 15.2 Å². The number of rotatable bonds is 3. The highest BCUT2D eigenvalue weighted by atomic mass is 16.6. The highest BCUT2D eigenvalue weighted by molar-refractivity contribution is 5.39. The third-order valence-corrected chi connectivity index (χ3v) is 2.79. The molecular formula is C14H13NO3. The van der Waals surface area contributed by atoms with Crippen LogP contribution in [0.25, 0.3) is 0 Å². The number of nitro groups is 1. The van der Waals surface area contributed by atoms with E-state index in [1.807, 2.05) is 31.2 Å². The SMILES string of the molecule is Cc1ccc([C@@H](O)c2cccc([N+](=O)[O-])c2)cc1. The maximum atomic E-state index is 10.7. The summed E-state index contributed by atoms with van der Waals surface area (Å²) in [5, 5.41) is 20.8. The largest absolute Gasteiger partial charge is 0.384 e. The van der Waals surface area contributed by atoms with Crippen molar-refractivity contribution in [3.63, 3.8) is 0 Å². The number of non-ortho nitro benzene ring substituents is 1. The van der Waals surface area contributed by atoms with Crippen molar-refractivity contribution in [2.75, 3.05) is 0 Å². The molecule has 0 aliphatic heterocycles. The van der Waals surface area contributed by atoms with E-state index in [0.29, 0.717) is 5.56 Å². The van der Waals surface area contributed by atoms with Crippen molar-refractivity contribution in [1.82, 2.24) is 0 Å². The molecule has 0 spiro atoms. The molecular weight excluding hydrogens is 230 g/mol. The Morgan fingerprint density at radius 3 is 2.39 bits per heavy atom. The molecule has 2 aromatic rings. The van der Waals surface area contributed by atoms with E-state index in [2.05, 4.69) is 0 Å². The van der Waals surface area contributed by atoms with Gasteiger partial charge in [-0.25, -0.2) is 0 Å². The fraction of sp³-hybridized carbons (Fsp3) is 0.143. The summed E-state index contributed by atoms with van der Waals surface area (Å²) >= 11 is 0. The quantitative estimate of drug-likeness (QED) is 0.665. The lowest BCUT2D eigenvalue weighted by molar-refractivity contribution is -0.385. The number of aliphatic hydroxyl groups is 1. The zero-order valence-corrected chi connectivity index (χ0v) is 9.91. The number of aliphatic hydroxyl groups excluding tert-OH is 1. The van der Waals surface area contributed by atoms with Gasteiger partial charge in [0.1, 0.15) is 6.10 Å². The molecule has 2 aromatic carbocycles. The van der Waals surface area contributed by atoms with Gasteiger partial charge in [-0.15, -0.1) is 0 Å². The highest BCUT2D eigenvalue weighted by Crippen LogP contribution is 2.25. The molecule has 0 aromatic heterocycles. The molecule has 1 atom stereocenters. The Morgan fingerprint density at radius 1 is 1.11 bits per heavy atom. The molecule has 4 heteroatoms. The van der Waals surface area contributed by atoms with Crippen LogP contribution >= 0.6 is 0 Å². The van der Waals surface area contributed by atoms with Crippen LogP contribution in [0.3, 0.4) is 0 Å². The minimum Gasteiger partial charge on any atom is -0.384 e. The second-order valence-corrected chi connectivity index (χ2v) is 4.17. The van der Waals surface area contributed by atoms with Crippen molar-refractivity contribution in [1.29, 1.82) is 0 Å². The van der Waals surface area contributed by atoms with Crippen LogP contribution in [0, 0.1) is 17.0 Å². The van der Waals surface area contributed by atoms with Crippen molar-refractivity contribution < 1.29 is 10.0 Å². The maximum Gasteiger partial charge on any atom is 0.269 e. The van der Waals surface area contributed by atoms with E-state index in [1.54, 1.807) is 12.1 Å². The molecule has 0 unspecified atom stereocenters. The maximum absolute atomic E-state index is 10.7. The van der Waals surface area contributed by atoms with Crippen molar-refractivity contribution in [2.45, 2.75) is 13.0 Å². The minimum absolute atomic E-state index is 0.0151. The molecule has 0 fully saturated rings. The van der Waals surface area contributed by atoms with E-state index in [4.69, 9.17) is 0 Å². The Morgan fingerprint density at radius 2 is 1.78 bits per heavy atom. The van der Waals surface area contributed by atoms with Gasteiger partial charge in [0.05, 0.1) is 4.92 Å². The first kappa shape index (κ1) is 12.3. The molecule has 0 aliphatic rings. The highest BCUT2D eigenvalue weighted by Gasteiger charge is 2.13. The van der Waals surface area contributed by atoms with Gasteiger partial charge in [0, 0.05) is 12.1 Å². The van der Waals surface area contributed by atoms with Crippen LogP contribution in [0.2, 0.25) is 0 Å². The Hall–Kier alpha value is -2.20. The van der Waals surface area contributed by atoms with Crippen molar-refractivity contribution in [3.05, 3.63) is 75.3 Å². The summed E-state index contributed by atoms with van der Waals surface area (Å²) in [4.78, 5) is 10.2. The van der Waals surface area contributed by atoms with Crippen LogP contribution in [0.1, 0.15) is 22.8 Å². The lowest BCUT2D eigenvalue weighted by Gasteiger charge is -2.11. The number of aryl methyl sites for hydroxylation is 1. The molecule has 0 heterocycles. The van der Waals surface area contributed by atoms with Crippen LogP contribution in [0.4, 0.5) is 5.69 Å². The van der Waals surface area contributed by atoms with E-state index in [1.165, 1.54) is 12.1 Å². The van der Waals surface area contributed by atoms with Crippen molar-refractivity contribution >= 4 is 5.69 Å². The Labute approximate surface area is 105 Å². The van der Waals surface area contributed by atoms with Gasteiger partial charge in [0.25, 0.3) is 5.69 Å². The number of nitrogens with zero attached hydrogens (tertiary/aromatic N) is 1. The van der Waals surface area contributed by atoms with Crippen LogP contribution < -0.4 is 0 Å². The molecule has 1 N–H and O–H groups in total. The fourth-order valence-electron chi connectivity index (χ4n) is 1.75. The molecule has 0 radical (unpaired) electrons. The summed E-state index contributed by atoms with van der Waals surface area (Å²) in [5.74, 6) is 0. The molecule has 2 rings (SSSR count). The molecule has 0 saturated carbocycles. The van der Waals surface area contributed by atoms with Gasteiger partial charge >= 0.3 is 0 Å². The smallest absolute Gasteiger partial charge is 0.269 e. The summed E-state index contributed by atoms with van der Waals surface area (Å²) in [6.45, 7) is 1.96. The van der Waals surface area contributed by atoms with Gasteiger partial charge in [-0.1, -0.05) is 42.0 Å². The third kappa shape index (κ3) is 2.55. The summed E-state index contributed by atoms with van der Waals surface area (Å²) in [6, 6.07) is 13.5. The van der Waals surface area contributed by atoms with Gasteiger partial charge in [-0.3, -0.25) is 10.1 Å². The summed E-state index contributed by atoms with van der Waals surface area (Å²) in [6.07, 6.45) is -0.842. The first-order valence-corrected chi connectivity index (χ1v) is 5.57. The van der Waals surface area contributed by atoms with Crippen LogP contribution in [-0.2, 0) is 0 Å². The lowest BCUT2D eigenvalue weighted by atomic mass is 10.0. The Bertz CT molecular complexity index is 564. The van der Waals surface area contributed by atoms with E-state index in [0.717, 1.165) is 11.1 Å². The first-order valence-electron chi connectivity index (χ1n) is 5.57. The zero-order chi connectivity index (χ0) is 13.1. The summed E-state index contributed by atoms with van der Waals surface area (Å²) < 4.78 is 0. The monoisotopic (exact) mass is 243 g/mol. The Kier molecular flexibility index (Phi) is 3.39. The molecule has 0 bridgehead atoms. The van der Waals surface area contributed by atoms with Crippen molar-refractivity contribution in [3.8, 4) is 0 Å². The fourth-order valence-corrected chi connectivity index (χ4v) is 1.75. The molecule has 18 heavy (non-hydrogen) atoms. The standard InChI is InChI=1S/C14H13NO3/c1-10-5-7-11(8-6-10)14(16)12-3-2-4-13(9-12)15(17)18/h2-9,14,16H,1H3/t14-/m1/s1. The van der Waals surface area contributed by atoms with Crippen LogP contribution in [-0.4, -0.2) is 10.0 Å². The lowest BCUT2D eigenvalue weighted by Crippen LogP contribution is -2.00. The van der Waals surface area contributed by atoms with Gasteiger partial charge in [0.15, 0.2) is 0 Å². The average molecular weight is 243 g/mol. The normalized spacial score (nSPS) is 12.1. The van der Waals surface area contributed by atoms with Gasteiger partial charge in [-0.2, -0.15) is 0 Å². The summed E-state index contributed by atoms with van der Waals surface area (Å²) in [5.41, 5.74) is 2.33. The average Bonchev–Trinajstić information content (AvgIpc) is 2.39. The zero-order valence-electron chi connectivity index (χ0n) is 9.91. The second kappa shape index (κ2) is 4.98. The predicted octanol–water partition coefficient (Wildman–Crippen LogP) is 2.98. The van der Waals surface area contributed by atoms with Crippen molar-refractivity contribution in [2.24, 2.45) is 0 Å². The molecule has 4 nitrogen and oxygen atoms in total. The number of benzene rings is 2. The topological polar surface area (TPSA) is 63.4 Å². The van der Waals surface area contributed by atoms with Crippen LogP contribution in [0.5, 0.6) is 0 Å². The minimum atomic E-state index is -0.842. The molecule has 0 aliphatic carbocycles. The van der Waals surface area contributed by atoms with E-state index >= 15 is 0 Å². The van der Waals surface area contributed by atoms with Gasteiger partial charge < -0.3 is 5.11 Å². The van der Waals surface area contributed by atoms with Gasteiger partial charge in [-0.05, 0) is 18.1 Å². The van der Waals surface area contributed by atoms with Crippen LogP contribution in [0.15, 0.2) is 48.5 Å². The molecule has 0 saturated heterocycles. The van der Waals surface area contributed by atoms with Gasteiger partial charge in [0.2, 0.25) is 0 Å². The van der Waals surface area contributed by atoms with E-state index < -0.39 is 11.0 Å². The predicted molar refractivity (Wildman–Crippen MR) is 68.3 cm³/mol. The molecule has 0 amide bonds. The third-order valence-electron chi connectivity index (χ3n) is 2.79. The Balaban J connectivity index is 2.33. The summed E-state index contributed by atoms with van der Waals surface area (Å²) in [7, 11) is 0. The first-order chi connectivity index (χ1) is 8.58. The molecule has 92 valence electrons. The number of hydrogen-bond acceptors (Lipinski definition) is 3. The van der Waals surface area contributed by atoms with E-state index in [-0.39, 0.29) is 5.69 Å². The number of hydrogen-bond donors (Lipinski definition) is 1.